The van der Waals surface area contributed by atoms with E-state index < -0.39 is 0 Å². The first-order chi connectivity index (χ1) is 16.0. The summed E-state index contributed by atoms with van der Waals surface area (Å²) in [5.41, 5.74) is 4.55. The van der Waals surface area contributed by atoms with Gasteiger partial charge in [-0.15, -0.1) is 0 Å². The zero-order chi connectivity index (χ0) is 24.6. The van der Waals surface area contributed by atoms with Crippen LogP contribution in [-0.4, -0.2) is 26.7 Å². The van der Waals surface area contributed by atoms with Gasteiger partial charge in [-0.25, -0.2) is 4.39 Å². The average Bonchev–Trinajstić information content (AvgIpc) is 3.45. The first kappa shape index (κ1) is 27.6. The van der Waals surface area contributed by atoms with Crippen molar-refractivity contribution in [1.29, 1.82) is 0 Å². The monoisotopic (exact) mass is 452 g/mol. The van der Waals surface area contributed by atoms with E-state index in [4.69, 9.17) is 4.74 Å². The first-order valence-corrected chi connectivity index (χ1v) is 11.4. The van der Waals surface area contributed by atoms with Crippen molar-refractivity contribution in [2.45, 2.75) is 54.6 Å². The normalized spacial score (nSPS) is 9.45. The number of aromatic nitrogens is 4. The fourth-order valence-corrected chi connectivity index (χ4v) is 2.84. The van der Waals surface area contributed by atoms with Crippen LogP contribution in [0.4, 0.5) is 4.39 Å². The molecule has 0 saturated carbocycles. The Morgan fingerprint density at radius 3 is 1.73 bits per heavy atom. The average molecular weight is 453 g/mol. The Morgan fingerprint density at radius 2 is 1.27 bits per heavy atom. The molecule has 2 aromatic carbocycles. The predicted octanol–water partition coefficient (Wildman–Crippen LogP) is 6.68. The molecule has 4 rings (SSSR count). The van der Waals surface area contributed by atoms with E-state index in [0.29, 0.717) is 6.54 Å². The second-order valence-electron chi connectivity index (χ2n) is 6.91. The number of rotatable bonds is 5. The van der Waals surface area contributed by atoms with Gasteiger partial charge in [-0.05, 0) is 60.4 Å². The Morgan fingerprint density at radius 1 is 0.758 bits per heavy atom. The predicted molar refractivity (Wildman–Crippen MR) is 134 cm³/mol. The van der Waals surface area contributed by atoms with Crippen molar-refractivity contribution in [3.63, 3.8) is 0 Å². The van der Waals surface area contributed by atoms with Crippen molar-refractivity contribution in [3.8, 4) is 5.75 Å². The molecule has 0 amide bonds. The number of hydrogen-bond donors (Lipinski definition) is 0. The standard InChI is InChI=1S/C12H14N2O.C11H11FN2.2C2H6/c1-10-7-13-14(8-10)9-11-4-3-5-12(6-11)15-2;1-9-6-13-14(7-9)8-10-2-4-11(12)5-3-10;2*1-2/h3-8H,9H2,1-2H3;2-7H,8H2,1H3;2*1-2H3. The maximum absolute atomic E-state index is 12.6. The molecule has 4 aromatic rings. The number of halogens is 1. The molecule has 33 heavy (non-hydrogen) atoms. The van der Waals surface area contributed by atoms with Gasteiger partial charge < -0.3 is 4.74 Å². The van der Waals surface area contributed by atoms with Gasteiger partial charge in [0.1, 0.15) is 11.6 Å². The highest BCUT2D eigenvalue weighted by molar-refractivity contribution is 5.28. The summed E-state index contributed by atoms with van der Waals surface area (Å²) in [5.74, 6) is 0.682. The van der Waals surface area contributed by atoms with Crippen LogP contribution in [0.5, 0.6) is 5.75 Å². The molecular formula is C27H37FN4O. The molecule has 0 spiro atoms. The van der Waals surface area contributed by atoms with Crippen LogP contribution >= 0.6 is 0 Å². The van der Waals surface area contributed by atoms with Crippen molar-refractivity contribution >= 4 is 0 Å². The second kappa shape index (κ2) is 15.4. The summed E-state index contributed by atoms with van der Waals surface area (Å²) in [4.78, 5) is 0. The van der Waals surface area contributed by atoms with Gasteiger partial charge in [0.05, 0.1) is 32.6 Å². The number of aryl methyl sites for hydroxylation is 2. The Kier molecular flexibility index (Phi) is 12.9. The number of methoxy groups -OCH3 is 1. The number of benzene rings is 2. The van der Waals surface area contributed by atoms with E-state index in [0.717, 1.165) is 23.4 Å². The highest BCUT2D eigenvalue weighted by Crippen LogP contribution is 2.13. The number of hydrogen-bond acceptors (Lipinski definition) is 3. The number of nitrogens with zero attached hydrogens (tertiary/aromatic N) is 4. The molecule has 0 saturated heterocycles. The van der Waals surface area contributed by atoms with E-state index in [2.05, 4.69) is 16.3 Å². The topological polar surface area (TPSA) is 44.9 Å². The minimum Gasteiger partial charge on any atom is -0.497 e. The van der Waals surface area contributed by atoms with Crippen LogP contribution < -0.4 is 4.74 Å². The van der Waals surface area contributed by atoms with Crippen molar-refractivity contribution in [2.75, 3.05) is 7.11 Å². The van der Waals surface area contributed by atoms with Gasteiger partial charge in [0, 0.05) is 12.4 Å². The highest BCUT2D eigenvalue weighted by atomic mass is 19.1. The van der Waals surface area contributed by atoms with E-state index in [9.17, 15) is 4.39 Å². The molecule has 5 nitrogen and oxygen atoms in total. The van der Waals surface area contributed by atoms with Crippen molar-refractivity contribution in [2.24, 2.45) is 0 Å². The molecule has 0 fully saturated rings. The molecular weight excluding hydrogens is 415 g/mol. The molecule has 178 valence electrons. The fourth-order valence-electron chi connectivity index (χ4n) is 2.84. The molecule has 2 heterocycles. The summed E-state index contributed by atoms with van der Waals surface area (Å²) in [7, 11) is 1.68. The van der Waals surface area contributed by atoms with Crippen molar-refractivity contribution < 1.29 is 9.13 Å². The summed E-state index contributed by atoms with van der Waals surface area (Å²) < 4.78 is 21.5. The van der Waals surface area contributed by atoms with Crippen LogP contribution in [0.3, 0.4) is 0 Å². The molecule has 0 bridgehead atoms. The molecule has 0 unspecified atom stereocenters. The van der Waals surface area contributed by atoms with Crippen LogP contribution in [0, 0.1) is 19.7 Å². The lowest BCUT2D eigenvalue weighted by Gasteiger charge is -2.04. The highest BCUT2D eigenvalue weighted by Gasteiger charge is 1.99. The van der Waals surface area contributed by atoms with Crippen LogP contribution in [0.15, 0.2) is 73.3 Å². The largest absolute Gasteiger partial charge is 0.497 e. The van der Waals surface area contributed by atoms with E-state index in [1.165, 1.54) is 23.3 Å². The summed E-state index contributed by atoms with van der Waals surface area (Å²) in [6.07, 6.45) is 7.66. The van der Waals surface area contributed by atoms with Crippen LogP contribution in [0.2, 0.25) is 0 Å². The SMILES string of the molecule is CC.CC.COc1cccc(Cn2cc(C)cn2)c1.Cc1cnn(Cc2ccc(F)cc2)c1. The summed E-state index contributed by atoms with van der Waals surface area (Å²) in [6, 6.07) is 14.5. The molecule has 0 N–H and O–H groups in total. The van der Waals surface area contributed by atoms with Crippen molar-refractivity contribution in [3.05, 3.63) is 101 Å². The second-order valence-corrected chi connectivity index (χ2v) is 6.91. The zero-order valence-corrected chi connectivity index (χ0v) is 20.9. The Balaban J connectivity index is 0.000000288. The van der Waals surface area contributed by atoms with Crippen LogP contribution in [-0.2, 0) is 13.1 Å². The van der Waals surface area contributed by atoms with Gasteiger partial charge in [-0.1, -0.05) is 52.0 Å². The minimum absolute atomic E-state index is 0.203. The van der Waals surface area contributed by atoms with Crippen LogP contribution in [0.25, 0.3) is 0 Å². The molecule has 0 radical (unpaired) electrons. The van der Waals surface area contributed by atoms with E-state index >= 15 is 0 Å². The summed E-state index contributed by atoms with van der Waals surface area (Å²) in [6.45, 7) is 13.5. The van der Waals surface area contributed by atoms with Gasteiger partial charge >= 0.3 is 0 Å². The quantitative estimate of drug-likeness (QED) is 0.339. The molecule has 0 atom stereocenters. The zero-order valence-electron chi connectivity index (χ0n) is 20.9. The lowest BCUT2D eigenvalue weighted by molar-refractivity contribution is 0.414. The molecule has 6 heteroatoms. The maximum atomic E-state index is 12.6. The third-order valence-corrected chi connectivity index (χ3v) is 4.26. The third kappa shape index (κ3) is 10.2. The third-order valence-electron chi connectivity index (χ3n) is 4.26. The Bertz CT molecular complexity index is 1040. The Labute approximate surface area is 197 Å². The van der Waals surface area contributed by atoms with E-state index in [1.807, 2.05) is 93.9 Å². The van der Waals surface area contributed by atoms with Gasteiger partial charge in [-0.3, -0.25) is 9.36 Å². The van der Waals surface area contributed by atoms with Gasteiger partial charge in [-0.2, -0.15) is 10.2 Å². The fraction of sp³-hybridized carbons (Fsp3) is 0.333. The minimum atomic E-state index is -0.203. The molecule has 0 aliphatic heterocycles. The lowest BCUT2D eigenvalue weighted by atomic mass is 10.2. The lowest BCUT2D eigenvalue weighted by Crippen LogP contribution is -1.99. The van der Waals surface area contributed by atoms with E-state index in [-0.39, 0.29) is 5.82 Å². The Hall–Kier alpha value is -3.41. The first-order valence-electron chi connectivity index (χ1n) is 11.4. The smallest absolute Gasteiger partial charge is 0.123 e. The summed E-state index contributed by atoms with van der Waals surface area (Å²) >= 11 is 0. The molecule has 0 aliphatic rings. The number of ether oxygens (including phenoxy) is 1. The van der Waals surface area contributed by atoms with Gasteiger partial charge in [0.15, 0.2) is 0 Å². The van der Waals surface area contributed by atoms with Crippen molar-refractivity contribution in [1.82, 2.24) is 19.6 Å². The summed E-state index contributed by atoms with van der Waals surface area (Å²) in [5, 5.41) is 8.40. The maximum Gasteiger partial charge on any atom is 0.123 e. The van der Waals surface area contributed by atoms with E-state index in [1.54, 1.807) is 19.2 Å². The van der Waals surface area contributed by atoms with Gasteiger partial charge in [0.25, 0.3) is 0 Å². The molecule has 2 aromatic heterocycles. The van der Waals surface area contributed by atoms with Gasteiger partial charge in [0.2, 0.25) is 0 Å². The molecule has 0 aliphatic carbocycles. The van der Waals surface area contributed by atoms with Crippen LogP contribution in [0.1, 0.15) is 49.9 Å².